The Bertz CT molecular complexity index is 1240. The van der Waals surface area contributed by atoms with Crippen molar-refractivity contribution in [2.75, 3.05) is 24.8 Å². The zero-order chi connectivity index (χ0) is 22.2. The Balaban J connectivity index is 0.000000858. The van der Waals surface area contributed by atoms with Crippen LogP contribution in [0.5, 0.6) is 5.88 Å². The highest BCUT2D eigenvalue weighted by atomic mass is 35.5. The van der Waals surface area contributed by atoms with E-state index < -0.39 is 0 Å². The lowest BCUT2D eigenvalue weighted by Gasteiger charge is -2.12. The molecule has 4 aromatic rings. The van der Waals surface area contributed by atoms with Crippen LogP contribution >= 0.6 is 11.6 Å². The topological polar surface area (TPSA) is 106 Å². The molecule has 0 radical (unpaired) electrons. The summed E-state index contributed by atoms with van der Waals surface area (Å²) in [5.74, 6) is 1.27. The van der Waals surface area contributed by atoms with Crippen LogP contribution in [-0.4, -0.2) is 35.3 Å². The van der Waals surface area contributed by atoms with E-state index in [2.05, 4.69) is 25.6 Å². The summed E-state index contributed by atoms with van der Waals surface area (Å²) >= 11 is 6.09. The molecular formula is C22H18ClN5O3. The van der Waals surface area contributed by atoms with Crippen LogP contribution in [0.15, 0.2) is 61.1 Å². The van der Waals surface area contributed by atoms with E-state index in [0.29, 0.717) is 16.7 Å². The third-order valence-electron chi connectivity index (χ3n) is 4.37. The molecule has 0 fully saturated rings. The van der Waals surface area contributed by atoms with Crippen LogP contribution in [-0.2, 0) is 9.59 Å². The van der Waals surface area contributed by atoms with Crippen molar-refractivity contribution in [1.82, 2.24) is 15.0 Å². The molecule has 31 heavy (non-hydrogen) atoms. The fourth-order valence-corrected chi connectivity index (χ4v) is 3.18. The Morgan fingerprint density at radius 1 is 1.00 bits per heavy atom. The molecule has 9 heteroatoms. The first-order valence-electron chi connectivity index (χ1n) is 9.08. The minimum atomic E-state index is 0.250. The van der Waals surface area contributed by atoms with Gasteiger partial charge in [-0.25, -0.2) is 15.0 Å². The van der Waals surface area contributed by atoms with E-state index >= 15 is 0 Å². The molecule has 0 unspecified atom stereocenters. The number of hydrogen-bond acceptors (Lipinski definition) is 8. The highest BCUT2D eigenvalue weighted by Gasteiger charge is 2.10. The molecule has 0 bridgehead atoms. The summed E-state index contributed by atoms with van der Waals surface area (Å²) in [4.78, 5) is 29.4. The van der Waals surface area contributed by atoms with Gasteiger partial charge in [-0.3, -0.25) is 0 Å². The maximum atomic E-state index is 8.12. The maximum Gasteiger partial charge on any atom is 0.373 e. The Morgan fingerprint density at radius 3 is 2.52 bits per heavy atom. The molecule has 0 aliphatic heterocycles. The second-order valence-corrected chi connectivity index (χ2v) is 6.64. The molecule has 0 aliphatic rings. The molecular weight excluding hydrogens is 418 g/mol. The summed E-state index contributed by atoms with van der Waals surface area (Å²) in [6, 6.07) is 15.6. The predicted molar refractivity (Wildman–Crippen MR) is 119 cm³/mol. The number of pyridine rings is 1. The van der Waals surface area contributed by atoms with Crippen molar-refractivity contribution in [2.45, 2.75) is 0 Å². The van der Waals surface area contributed by atoms with Gasteiger partial charge in [0.2, 0.25) is 5.88 Å². The smallest absolute Gasteiger partial charge is 0.373 e. The van der Waals surface area contributed by atoms with E-state index in [1.54, 1.807) is 19.6 Å². The molecule has 8 nitrogen and oxygen atoms in total. The summed E-state index contributed by atoms with van der Waals surface area (Å²) in [6.07, 6.45) is 3.58. The van der Waals surface area contributed by atoms with Crippen LogP contribution in [0.25, 0.3) is 22.0 Å². The molecule has 0 spiro atoms. The van der Waals surface area contributed by atoms with Crippen molar-refractivity contribution in [2.24, 2.45) is 0 Å². The second kappa shape index (κ2) is 10.2. The first kappa shape index (κ1) is 21.7. The number of hydrogen-bond donors (Lipinski definition) is 2. The average Bonchev–Trinajstić information content (AvgIpc) is 2.79. The first-order chi connectivity index (χ1) is 15.1. The zero-order valence-electron chi connectivity index (χ0n) is 16.7. The van der Waals surface area contributed by atoms with Gasteiger partial charge in [0.1, 0.15) is 12.1 Å². The summed E-state index contributed by atoms with van der Waals surface area (Å²) in [7, 11) is 3.44. The number of benzene rings is 2. The van der Waals surface area contributed by atoms with Crippen molar-refractivity contribution < 1.29 is 14.3 Å². The molecule has 2 heterocycles. The van der Waals surface area contributed by atoms with Crippen LogP contribution in [0, 0.1) is 0 Å². The van der Waals surface area contributed by atoms with Gasteiger partial charge in [0.15, 0.2) is 0 Å². The quantitative estimate of drug-likeness (QED) is 0.470. The van der Waals surface area contributed by atoms with Gasteiger partial charge in [-0.15, -0.1) is 0 Å². The monoisotopic (exact) mass is 435 g/mol. The molecule has 0 aliphatic carbocycles. The third kappa shape index (κ3) is 5.14. The number of ether oxygens (including phenoxy) is 1. The zero-order valence-corrected chi connectivity index (χ0v) is 17.5. The average molecular weight is 436 g/mol. The summed E-state index contributed by atoms with van der Waals surface area (Å²) < 4.78 is 5.28. The van der Waals surface area contributed by atoms with Gasteiger partial charge in [-0.05, 0) is 42.0 Å². The highest BCUT2D eigenvalue weighted by molar-refractivity contribution is 6.30. The Morgan fingerprint density at radius 2 is 1.81 bits per heavy atom. The lowest BCUT2D eigenvalue weighted by Crippen LogP contribution is -1.98. The van der Waals surface area contributed by atoms with Crippen LogP contribution in [0.2, 0.25) is 5.02 Å². The lowest BCUT2D eigenvalue weighted by atomic mass is 10.0. The molecule has 2 aromatic heterocycles. The van der Waals surface area contributed by atoms with Gasteiger partial charge in [0.05, 0.1) is 18.3 Å². The molecule has 156 valence electrons. The fraction of sp³-hybridized carbons (Fsp3) is 0.0909. The minimum Gasteiger partial charge on any atom is -0.480 e. The third-order valence-corrected chi connectivity index (χ3v) is 4.60. The van der Waals surface area contributed by atoms with Crippen LogP contribution < -0.4 is 15.4 Å². The van der Waals surface area contributed by atoms with E-state index in [-0.39, 0.29) is 6.15 Å². The number of rotatable bonds is 5. The summed E-state index contributed by atoms with van der Waals surface area (Å²) in [5, 5.41) is 7.99. The van der Waals surface area contributed by atoms with E-state index in [1.807, 2.05) is 55.6 Å². The molecule has 0 amide bonds. The van der Waals surface area contributed by atoms with Crippen molar-refractivity contribution in [3.63, 3.8) is 0 Å². The number of anilines is 3. The molecule has 0 saturated carbocycles. The normalized spacial score (nSPS) is 9.90. The number of carbonyl (C=O) groups excluding carboxylic acids is 2. The number of nitrogens with one attached hydrogen (secondary N) is 2. The van der Waals surface area contributed by atoms with E-state index in [4.69, 9.17) is 25.9 Å². The lowest BCUT2D eigenvalue weighted by molar-refractivity contribution is -0.191. The summed E-state index contributed by atoms with van der Waals surface area (Å²) in [6.45, 7) is 0. The van der Waals surface area contributed by atoms with Gasteiger partial charge in [0, 0.05) is 34.9 Å². The standard InChI is InChI=1S/C21H18ClN5O.CO2/c1-23-19-9-14(11-24-21(19)28-2)13-6-7-18-17(8-13)20(26-12-25-18)27-16-5-3-4-15(22)10-16;2-1-3/h3-12,23H,1-2H3,(H,25,26,27);. The fourth-order valence-electron chi connectivity index (χ4n) is 2.99. The Kier molecular flexibility index (Phi) is 7.11. The van der Waals surface area contributed by atoms with Gasteiger partial charge in [0.25, 0.3) is 0 Å². The van der Waals surface area contributed by atoms with Crippen molar-refractivity contribution in [3.8, 4) is 17.0 Å². The highest BCUT2D eigenvalue weighted by Crippen LogP contribution is 2.31. The number of halogens is 1. The van der Waals surface area contributed by atoms with Gasteiger partial charge in [-0.1, -0.05) is 23.7 Å². The van der Waals surface area contributed by atoms with Crippen LogP contribution in [0.4, 0.5) is 17.2 Å². The number of aromatic nitrogens is 3. The Hall–Kier alpha value is -4.00. The van der Waals surface area contributed by atoms with Gasteiger partial charge >= 0.3 is 6.15 Å². The van der Waals surface area contributed by atoms with Gasteiger partial charge < -0.3 is 15.4 Å². The second-order valence-electron chi connectivity index (χ2n) is 6.20. The van der Waals surface area contributed by atoms with Crippen molar-refractivity contribution in [1.29, 1.82) is 0 Å². The van der Waals surface area contributed by atoms with E-state index in [1.165, 1.54) is 0 Å². The SMILES string of the molecule is CNc1cc(-c2ccc3ncnc(Nc4cccc(Cl)c4)c3c2)cnc1OC.O=C=O. The molecule has 0 saturated heterocycles. The predicted octanol–water partition coefficient (Wildman–Crippen LogP) is 4.56. The molecule has 2 N–H and O–H groups in total. The maximum absolute atomic E-state index is 8.12. The Labute approximate surface area is 183 Å². The first-order valence-corrected chi connectivity index (χ1v) is 9.46. The van der Waals surface area contributed by atoms with Crippen LogP contribution in [0.3, 0.4) is 0 Å². The number of nitrogens with zero attached hydrogens (tertiary/aromatic N) is 3. The number of fused-ring (bicyclic) bond motifs is 1. The van der Waals surface area contributed by atoms with E-state index in [9.17, 15) is 0 Å². The molecule has 4 rings (SSSR count). The van der Waals surface area contributed by atoms with E-state index in [0.717, 1.165) is 33.4 Å². The van der Waals surface area contributed by atoms with Crippen molar-refractivity contribution >= 4 is 45.8 Å². The largest absolute Gasteiger partial charge is 0.480 e. The summed E-state index contributed by atoms with van der Waals surface area (Å²) in [5.41, 5.74) is 4.49. The number of methoxy groups -OCH3 is 1. The van der Waals surface area contributed by atoms with Crippen LogP contribution in [0.1, 0.15) is 0 Å². The van der Waals surface area contributed by atoms with Crippen molar-refractivity contribution in [3.05, 3.63) is 66.1 Å². The molecule has 2 aromatic carbocycles. The minimum absolute atomic E-state index is 0.250. The van der Waals surface area contributed by atoms with Gasteiger partial charge in [-0.2, -0.15) is 9.59 Å². The molecule has 0 atom stereocenters.